The van der Waals surface area contributed by atoms with E-state index in [9.17, 15) is 57.2 Å². The molecule has 0 saturated heterocycles. The summed E-state index contributed by atoms with van der Waals surface area (Å²) in [5.41, 5.74) is 15.5. The molecule has 13 N–H and O–H groups in total. The lowest BCUT2D eigenvalue weighted by atomic mass is 10.1. The fourth-order valence-corrected chi connectivity index (χ4v) is 10.00. The number of amides is 1. The standard InChI is InChI=1S/C37H32N10O20S6/c38-24-16-25(39)29(71(54,55)56)17-27(24)45-42-22-7-5-20(6-8-22)41-37(49)18-1-3-21(4-2-18)43-47-35-31(73(60,61)62)14-19-13-28(68-66-64-50)34(33(40)32(19)36(35)48)46-44-26-10-9-23(15-30(26)72(57,58)59)70(52,53)12-11-63-69-67-65-51/h1-10,13-17,48,50-51H,11-12,38-40H2,(H,41,49)(H,54,55,56)(H,57,58,59)(H,60,61,62)/b45-42+,46-44+,47-43+. The van der Waals surface area contributed by atoms with Gasteiger partial charge in [0.2, 0.25) is 0 Å². The van der Waals surface area contributed by atoms with E-state index >= 15 is 0 Å². The third kappa shape index (κ3) is 13.8. The second kappa shape index (κ2) is 22.9. The number of nitrogens with two attached hydrogens (primary N) is 3. The van der Waals surface area contributed by atoms with Crippen molar-refractivity contribution in [3.8, 4) is 5.75 Å². The number of phenols is 1. The van der Waals surface area contributed by atoms with Gasteiger partial charge < -0.3 is 27.6 Å². The second-order valence-electron chi connectivity index (χ2n) is 14.0. The number of rotatable bonds is 21. The van der Waals surface area contributed by atoms with Gasteiger partial charge in [-0.05, 0) is 96.4 Å². The van der Waals surface area contributed by atoms with Gasteiger partial charge in [-0.3, -0.25) is 22.6 Å². The van der Waals surface area contributed by atoms with Gasteiger partial charge in [-0.25, -0.2) is 18.9 Å². The van der Waals surface area contributed by atoms with Gasteiger partial charge in [-0.2, -0.15) is 35.5 Å². The van der Waals surface area contributed by atoms with E-state index in [4.69, 9.17) is 31.9 Å². The van der Waals surface area contributed by atoms with Crippen molar-refractivity contribution in [2.75, 3.05) is 34.9 Å². The first-order valence-corrected chi connectivity index (χ1v) is 26.5. The fourth-order valence-electron chi connectivity index (χ4n) is 6.06. The summed E-state index contributed by atoms with van der Waals surface area (Å²) in [5.74, 6) is -2.38. The van der Waals surface area contributed by atoms with Crippen molar-refractivity contribution in [3.63, 3.8) is 0 Å². The normalized spacial score (nSPS) is 12.7. The number of aromatic hydroxyl groups is 1. The van der Waals surface area contributed by atoms with Crippen LogP contribution >= 0.6 is 24.4 Å². The molecule has 0 aromatic heterocycles. The van der Waals surface area contributed by atoms with Crippen LogP contribution in [0.25, 0.3) is 10.8 Å². The summed E-state index contributed by atoms with van der Waals surface area (Å²) in [4.78, 5) is 9.50. The summed E-state index contributed by atoms with van der Waals surface area (Å²) in [6.45, 7) is -0.547. The molecule has 0 aliphatic rings. The lowest BCUT2D eigenvalue weighted by molar-refractivity contribution is -0.434. The Balaban J connectivity index is 1.27. The van der Waals surface area contributed by atoms with E-state index in [1.54, 1.807) is 0 Å². The van der Waals surface area contributed by atoms with Crippen LogP contribution in [0.3, 0.4) is 0 Å². The molecule has 0 aliphatic heterocycles. The Hall–Kier alpha value is -6.85. The van der Waals surface area contributed by atoms with E-state index < -0.39 is 112 Å². The second-order valence-corrected chi connectivity index (χ2v) is 21.6. The summed E-state index contributed by atoms with van der Waals surface area (Å²) in [7, 11) is -19.4. The van der Waals surface area contributed by atoms with Gasteiger partial charge in [0, 0.05) is 11.3 Å². The molecule has 0 fully saturated rings. The minimum atomic E-state index is -5.24. The van der Waals surface area contributed by atoms with Crippen molar-refractivity contribution < 1.29 is 90.7 Å². The molecule has 0 unspecified atom stereocenters. The molecular formula is C37H32N10O20S6. The third-order valence-electron chi connectivity index (χ3n) is 9.34. The number of nitrogens with zero attached hydrogens (tertiary/aromatic N) is 6. The van der Waals surface area contributed by atoms with E-state index in [2.05, 4.69) is 54.7 Å². The molecule has 6 aromatic carbocycles. The molecule has 0 saturated carbocycles. The number of benzene rings is 6. The number of hydrogen-bond acceptors (Lipinski definition) is 28. The van der Waals surface area contributed by atoms with Gasteiger partial charge >= 0.3 is 0 Å². The Morgan fingerprint density at radius 1 is 0.616 bits per heavy atom. The topological polar surface area (TPSA) is 485 Å². The number of carbonyl (C=O) groups excluding carboxylic acids is 1. The molecule has 0 radical (unpaired) electrons. The number of sulfone groups is 1. The number of fused-ring (bicyclic) bond motifs is 1. The minimum Gasteiger partial charge on any atom is -0.505 e. The van der Waals surface area contributed by atoms with Crippen LogP contribution < -0.4 is 22.5 Å². The van der Waals surface area contributed by atoms with Crippen LogP contribution in [0.1, 0.15) is 10.4 Å². The summed E-state index contributed by atoms with van der Waals surface area (Å²) in [5, 5.41) is 60.8. The number of hydrogen-bond donors (Lipinski definition) is 10. The van der Waals surface area contributed by atoms with E-state index in [1.807, 2.05) is 0 Å². The number of carbonyl (C=O) groups is 1. The van der Waals surface area contributed by atoms with Gasteiger partial charge in [-0.1, -0.05) is 10.1 Å². The van der Waals surface area contributed by atoms with E-state index in [1.165, 1.54) is 48.5 Å². The number of nitrogen functional groups attached to an aromatic ring is 3. The van der Waals surface area contributed by atoms with Crippen molar-refractivity contribution in [1.29, 1.82) is 0 Å². The SMILES string of the molecule is Nc1cc(N)c(S(=O)(=O)O)cc1/N=N/c1ccc(NC(=O)c2ccc(/N=N/c3c(S(=O)(=O)O)cc4cc(SOOO)c(/N=N/c5ccc(S(=O)(=O)CCOSOOO)cc5S(=O)(=O)O)c(N)c4c3O)cc2)cc1. The van der Waals surface area contributed by atoms with Gasteiger partial charge in [-0.15, -0.1) is 29.1 Å². The number of nitrogens with one attached hydrogen (secondary N) is 1. The average molecular weight is 1130 g/mol. The van der Waals surface area contributed by atoms with Crippen molar-refractivity contribution in [1.82, 2.24) is 0 Å². The zero-order valence-corrected chi connectivity index (χ0v) is 40.7. The van der Waals surface area contributed by atoms with Crippen LogP contribution in [-0.4, -0.2) is 81.2 Å². The van der Waals surface area contributed by atoms with E-state index in [-0.39, 0.29) is 68.6 Å². The molecule has 1 amide bonds. The summed E-state index contributed by atoms with van der Waals surface area (Å²) >= 11 is 0.265. The maximum absolute atomic E-state index is 13.1. The highest BCUT2D eigenvalue weighted by molar-refractivity contribution is 7.94. The third-order valence-corrected chi connectivity index (χ3v) is 14.7. The summed E-state index contributed by atoms with van der Waals surface area (Å²) in [6, 6.07) is 17.2. The maximum atomic E-state index is 13.1. The van der Waals surface area contributed by atoms with Crippen LogP contribution in [0.4, 0.5) is 56.9 Å². The molecule has 30 nitrogen and oxygen atoms in total. The Bertz CT molecular complexity index is 3670. The van der Waals surface area contributed by atoms with Gasteiger partial charge in [0.05, 0.1) is 68.0 Å². The Morgan fingerprint density at radius 3 is 1.82 bits per heavy atom. The maximum Gasteiger partial charge on any atom is 0.296 e. The molecule has 0 atom stereocenters. The van der Waals surface area contributed by atoms with Crippen LogP contribution in [0.15, 0.2) is 146 Å². The van der Waals surface area contributed by atoms with Gasteiger partial charge in [0.15, 0.2) is 27.9 Å². The predicted molar refractivity (Wildman–Crippen MR) is 256 cm³/mol. The predicted octanol–water partition coefficient (Wildman–Crippen LogP) is 7.73. The van der Waals surface area contributed by atoms with Gasteiger partial charge in [0.25, 0.3) is 36.3 Å². The molecule has 0 heterocycles. The first kappa shape index (κ1) is 55.5. The molecule has 6 aromatic rings. The van der Waals surface area contributed by atoms with Crippen LogP contribution in [-0.2, 0) is 63.1 Å². The summed E-state index contributed by atoms with van der Waals surface area (Å²) in [6.07, 6.45) is 0. The number of phenolic OH excluding ortho intramolecular Hbond substituents is 1. The number of anilines is 4. The first-order chi connectivity index (χ1) is 34.3. The molecule has 0 spiro atoms. The monoisotopic (exact) mass is 1130 g/mol. The molecular weight excluding hydrogens is 1100 g/mol. The zero-order valence-electron chi connectivity index (χ0n) is 35.8. The number of azo groups is 3. The quantitative estimate of drug-likeness (QED) is 0.00626. The highest BCUT2D eigenvalue weighted by Crippen LogP contribution is 2.50. The Labute approximate surface area is 419 Å². The molecule has 36 heteroatoms. The van der Waals surface area contributed by atoms with Crippen molar-refractivity contribution in [2.24, 2.45) is 30.7 Å². The Kier molecular flexibility index (Phi) is 17.4. The van der Waals surface area contributed by atoms with E-state index in [0.717, 1.165) is 36.4 Å². The largest absolute Gasteiger partial charge is 0.505 e. The Morgan fingerprint density at radius 2 is 1.21 bits per heavy atom. The fraction of sp³-hybridized carbons (Fsp3) is 0.0541. The minimum absolute atomic E-state index is 0.0172. The highest BCUT2D eigenvalue weighted by atomic mass is 32.2. The average Bonchev–Trinajstić information content (AvgIpc) is 3.31. The van der Waals surface area contributed by atoms with Crippen LogP contribution in [0, 0.1) is 0 Å². The van der Waals surface area contributed by atoms with Crippen LogP contribution in [0.2, 0.25) is 0 Å². The van der Waals surface area contributed by atoms with E-state index in [0.29, 0.717) is 11.8 Å². The first-order valence-electron chi connectivity index (χ1n) is 19.1. The zero-order chi connectivity index (χ0) is 53.5. The van der Waals surface area contributed by atoms with Crippen LogP contribution in [0.5, 0.6) is 5.75 Å². The molecule has 73 heavy (non-hydrogen) atoms. The smallest absolute Gasteiger partial charge is 0.296 e. The summed E-state index contributed by atoms with van der Waals surface area (Å²) < 4.78 is 142. The molecule has 0 bridgehead atoms. The lowest BCUT2D eigenvalue weighted by Gasteiger charge is -2.14. The highest BCUT2D eigenvalue weighted by Gasteiger charge is 2.27. The van der Waals surface area contributed by atoms with Gasteiger partial charge in [0.1, 0.15) is 37.4 Å². The lowest BCUT2D eigenvalue weighted by Crippen LogP contribution is -2.12. The molecule has 386 valence electrons. The molecule has 0 aliphatic carbocycles. The van der Waals surface area contributed by atoms with Crippen molar-refractivity contribution in [3.05, 3.63) is 96.6 Å². The van der Waals surface area contributed by atoms with Crippen molar-refractivity contribution >= 4 is 138 Å². The molecule has 6 rings (SSSR count). The van der Waals surface area contributed by atoms with Crippen molar-refractivity contribution in [2.45, 2.75) is 24.5 Å².